The van der Waals surface area contributed by atoms with E-state index < -0.39 is 4.92 Å². The van der Waals surface area contributed by atoms with Gasteiger partial charge in [-0.3, -0.25) is 10.1 Å². The van der Waals surface area contributed by atoms with Gasteiger partial charge in [-0.25, -0.2) is 4.68 Å². The molecule has 0 aliphatic carbocycles. The Morgan fingerprint density at radius 3 is 2.67 bits per heavy atom. The summed E-state index contributed by atoms with van der Waals surface area (Å²) in [5.74, 6) is 1.29. The van der Waals surface area contributed by atoms with Crippen LogP contribution in [0.25, 0.3) is 0 Å². The average Bonchev–Trinajstić information content (AvgIpc) is 2.76. The van der Waals surface area contributed by atoms with Crippen LogP contribution in [0.2, 0.25) is 0 Å². The third kappa shape index (κ3) is 2.78. The Bertz CT molecular complexity index is 537. The number of aryl methyl sites for hydroxylation is 1. The van der Waals surface area contributed by atoms with Crippen molar-refractivity contribution < 1.29 is 9.66 Å². The van der Waals surface area contributed by atoms with Crippen molar-refractivity contribution in [2.75, 3.05) is 6.61 Å². The van der Waals surface area contributed by atoms with E-state index >= 15 is 0 Å². The third-order valence-electron chi connectivity index (χ3n) is 2.33. The maximum atomic E-state index is 10.5. The third-order valence-corrected chi connectivity index (χ3v) is 2.33. The van der Waals surface area contributed by atoms with E-state index in [1.54, 1.807) is 23.7 Å². The van der Waals surface area contributed by atoms with Gasteiger partial charge in [0.2, 0.25) is 0 Å². The van der Waals surface area contributed by atoms with Crippen LogP contribution in [0, 0.1) is 17.0 Å². The van der Waals surface area contributed by atoms with E-state index in [0.29, 0.717) is 24.7 Å². The van der Waals surface area contributed by atoms with Crippen LogP contribution >= 0.6 is 0 Å². The lowest BCUT2D eigenvalue weighted by molar-refractivity contribution is -0.384. The highest BCUT2D eigenvalue weighted by atomic mass is 16.6. The minimum atomic E-state index is -0.450. The minimum Gasteiger partial charge on any atom is -0.492 e. The summed E-state index contributed by atoms with van der Waals surface area (Å²) in [6.45, 7) is 2.71. The summed E-state index contributed by atoms with van der Waals surface area (Å²) in [4.78, 5) is 10.0. The van der Waals surface area contributed by atoms with E-state index in [4.69, 9.17) is 4.74 Å². The molecular formula is C10H11N5O3. The van der Waals surface area contributed by atoms with Gasteiger partial charge in [0.15, 0.2) is 0 Å². The summed E-state index contributed by atoms with van der Waals surface area (Å²) in [6, 6.07) is 5.92. The Labute approximate surface area is 102 Å². The second kappa shape index (κ2) is 5.21. The van der Waals surface area contributed by atoms with Crippen LogP contribution in [0.4, 0.5) is 5.69 Å². The normalized spacial score (nSPS) is 10.3. The molecule has 94 valence electrons. The van der Waals surface area contributed by atoms with Crippen molar-refractivity contribution >= 4 is 5.69 Å². The van der Waals surface area contributed by atoms with E-state index in [0.717, 1.165) is 0 Å². The van der Waals surface area contributed by atoms with E-state index in [9.17, 15) is 10.1 Å². The highest BCUT2D eigenvalue weighted by molar-refractivity contribution is 5.35. The number of ether oxygens (including phenoxy) is 1. The van der Waals surface area contributed by atoms with Crippen LogP contribution in [-0.2, 0) is 6.54 Å². The average molecular weight is 249 g/mol. The van der Waals surface area contributed by atoms with Crippen molar-refractivity contribution in [3.8, 4) is 5.75 Å². The molecular weight excluding hydrogens is 238 g/mol. The highest BCUT2D eigenvalue weighted by Gasteiger charge is 2.04. The van der Waals surface area contributed by atoms with Gasteiger partial charge in [-0.05, 0) is 29.5 Å². The Balaban J connectivity index is 1.87. The molecule has 0 fully saturated rings. The number of benzene rings is 1. The van der Waals surface area contributed by atoms with Crippen LogP contribution in [0.5, 0.6) is 5.75 Å². The predicted octanol–water partition coefficient (Wildman–Crippen LogP) is 0.969. The molecule has 1 aromatic carbocycles. The van der Waals surface area contributed by atoms with Gasteiger partial charge < -0.3 is 4.74 Å². The first-order valence-corrected chi connectivity index (χ1v) is 5.27. The number of tetrazole rings is 1. The van der Waals surface area contributed by atoms with Crippen molar-refractivity contribution in [2.24, 2.45) is 0 Å². The number of hydrogen-bond donors (Lipinski definition) is 0. The number of nitro groups is 1. The zero-order chi connectivity index (χ0) is 13.0. The molecule has 0 spiro atoms. The molecule has 0 N–H and O–H groups in total. The van der Waals surface area contributed by atoms with Crippen molar-refractivity contribution in [1.82, 2.24) is 20.2 Å². The molecule has 0 bridgehead atoms. The first-order chi connectivity index (χ1) is 8.66. The number of aromatic nitrogens is 4. The van der Waals surface area contributed by atoms with Crippen molar-refractivity contribution in [3.63, 3.8) is 0 Å². The van der Waals surface area contributed by atoms with Crippen LogP contribution in [0.3, 0.4) is 0 Å². The molecule has 2 aromatic rings. The molecule has 1 aromatic heterocycles. The van der Waals surface area contributed by atoms with Gasteiger partial charge >= 0.3 is 0 Å². The zero-order valence-corrected chi connectivity index (χ0v) is 9.68. The number of rotatable bonds is 5. The van der Waals surface area contributed by atoms with Crippen LogP contribution in [0.1, 0.15) is 5.82 Å². The molecule has 0 saturated heterocycles. The maximum Gasteiger partial charge on any atom is 0.269 e. The molecule has 8 nitrogen and oxygen atoms in total. The first-order valence-electron chi connectivity index (χ1n) is 5.27. The van der Waals surface area contributed by atoms with Crippen molar-refractivity contribution in [1.29, 1.82) is 0 Å². The van der Waals surface area contributed by atoms with Crippen molar-refractivity contribution in [2.45, 2.75) is 13.5 Å². The van der Waals surface area contributed by atoms with Crippen LogP contribution in [-0.4, -0.2) is 31.7 Å². The Hall–Kier alpha value is -2.51. The van der Waals surface area contributed by atoms with Gasteiger partial charge in [0, 0.05) is 12.1 Å². The Morgan fingerprint density at radius 1 is 1.39 bits per heavy atom. The van der Waals surface area contributed by atoms with Crippen LogP contribution < -0.4 is 4.74 Å². The number of hydrogen-bond acceptors (Lipinski definition) is 6. The van der Waals surface area contributed by atoms with Gasteiger partial charge in [0.25, 0.3) is 5.69 Å². The summed E-state index contributed by atoms with van der Waals surface area (Å²) >= 11 is 0. The fourth-order valence-electron chi connectivity index (χ4n) is 1.37. The quantitative estimate of drug-likeness (QED) is 0.578. The number of nitro benzene ring substituents is 1. The highest BCUT2D eigenvalue weighted by Crippen LogP contribution is 2.17. The molecule has 0 saturated carbocycles. The van der Waals surface area contributed by atoms with Gasteiger partial charge in [-0.15, -0.1) is 5.10 Å². The maximum absolute atomic E-state index is 10.5. The number of non-ortho nitro benzene ring substituents is 1. The summed E-state index contributed by atoms with van der Waals surface area (Å²) in [7, 11) is 0. The minimum absolute atomic E-state index is 0.0404. The van der Waals surface area contributed by atoms with E-state index in [1.165, 1.54) is 12.1 Å². The summed E-state index contributed by atoms with van der Waals surface area (Å²) in [5.41, 5.74) is 0.0404. The summed E-state index contributed by atoms with van der Waals surface area (Å²) in [6.07, 6.45) is 0. The monoisotopic (exact) mass is 249 g/mol. The molecule has 0 unspecified atom stereocenters. The molecule has 0 atom stereocenters. The number of nitrogens with zero attached hydrogens (tertiary/aromatic N) is 5. The summed E-state index contributed by atoms with van der Waals surface area (Å²) in [5, 5.41) is 21.5. The molecule has 0 radical (unpaired) electrons. The van der Waals surface area contributed by atoms with Gasteiger partial charge in [0.1, 0.15) is 18.2 Å². The fraction of sp³-hybridized carbons (Fsp3) is 0.300. The second-order valence-corrected chi connectivity index (χ2v) is 3.55. The molecule has 0 aliphatic heterocycles. The summed E-state index contributed by atoms with van der Waals surface area (Å²) < 4.78 is 7.05. The van der Waals surface area contributed by atoms with Crippen molar-refractivity contribution in [3.05, 3.63) is 40.2 Å². The van der Waals surface area contributed by atoms with Gasteiger partial charge in [0.05, 0.1) is 11.5 Å². The molecule has 8 heteroatoms. The lowest BCUT2D eigenvalue weighted by atomic mass is 10.3. The molecule has 1 heterocycles. The largest absolute Gasteiger partial charge is 0.492 e. The SMILES string of the molecule is Cc1nnnn1CCOc1ccc([N+](=O)[O-])cc1. The first kappa shape index (κ1) is 12.0. The molecule has 0 amide bonds. The second-order valence-electron chi connectivity index (χ2n) is 3.55. The van der Waals surface area contributed by atoms with E-state index in [2.05, 4.69) is 15.5 Å². The van der Waals surface area contributed by atoms with E-state index in [-0.39, 0.29) is 5.69 Å². The lowest BCUT2D eigenvalue weighted by Gasteiger charge is -2.05. The Morgan fingerprint density at radius 2 is 2.11 bits per heavy atom. The standard InChI is InChI=1S/C10H11N5O3/c1-8-11-12-13-14(8)6-7-18-10-4-2-9(3-5-10)15(16)17/h2-5H,6-7H2,1H3. The van der Waals surface area contributed by atoms with Gasteiger partial charge in [-0.2, -0.15) is 0 Å². The topological polar surface area (TPSA) is 96.0 Å². The lowest BCUT2D eigenvalue weighted by Crippen LogP contribution is -2.11. The van der Waals surface area contributed by atoms with Crippen LogP contribution in [0.15, 0.2) is 24.3 Å². The molecule has 18 heavy (non-hydrogen) atoms. The molecule has 2 rings (SSSR count). The smallest absolute Gasteiger partial charge is 0.269 e. The van der Waals surface area contributed by atoms with Gasteiger partial charge in [-0.1, -0.05) is 0 Å². The predicted molar refractivity (Wildman–Crippen MR) is 61.1 cm³/mol. The zero-order valence-electron chi connectivity index (χ0n) is 9.68. The van der Waals surface area contributed by atoms with E-state index in [1.807, 2.05) is 0 Å². The Kier molecular flexibility index (Phi) is 3.46. The molecule has 0 aliphatic rings. The fourth-order valence-corrected chi connectivity index (χ4v) is 1.37.